The highest BCUT2D eigenvalue weighted by atomic mass is 35.5. The number of halogens is 2. The van der Waals surface area contributed by atoms with E-state index in [9.17, 15) is 14.4 Å². The van der Waals surface area contributed by atoms with Crippen molar-refractivity contribution in [3.8, 4) is 17.3 Å². The van der Waals surface area contributed by atoms with E-state index in [0.29, 0.717) is 5.56 Å². The van der Waals surface area contributed by atoms with Crippen LogP contribution in [0.2, 0.25) is 10.0 Å². The highest BCUT2D eigenvalue weighted by Gasteiger charge is 2.27. The topological polar surface area (TPSA) is 123 Å². The lowest BCUT2D eigenvalue weighted by molar-refractivity contribution is 0.453. The van der Waals surface area contributed by atoms with Crippen LogP contribution in [0.1, 0.15) is 24.3 Å². The average molecular weight is 408 g/mol. The van der Waals surface area contributed by atoms with Crippen molar-refractivity contribution in [1.29, 1.82) is 0 Å². The van der Waals surface area contributed by atoms with Gasteiger partial charge in [0.1, 0.15) is 6.20 Å². The predicted octanol–water partition coefficient (Wildman–Crippen LogP) is 1.98. The molecule has 11 heteroatoms. The van der Waals surface area contributed by atoms with Crippen molar-refractivity contribution in [3.05, 3.63) is 71.2 Å². The number of benzene rings is 1. The Balaban J connectivity index is 1.70. The van der Waals surface area contributed by atoms with E-state index in [1.54, 1.807) is 6.07 Å². The van der Waals surface area contributed by atoms with Gasteiger partial charge >= 0.3 is 5.69 Å². The minimum absolute atomic E-state index is 0.0957. The van der Waals surface area contributed by atoms with Crippen LogP contribution in [0.25, 0.3) is 5.69 Å². The lowest BCUT2D eigenvalue weighted by atomic mass is 10.2. The van der Waals surface area contributed by atoms with Crippen molar-refractivity contribution in [2.45, 2.75) is 18.8 Å². The van der Waals surface area contributed by atoms with Gasteiger partial charge in [0.05, 0.1) is 15.7 Å². The number of rotatable bonds is 4. The molecule has 4 rings (SSSR count). The highest BCUT2D eigenvalue weighted by Crippen LogP contribution is 2.40. The van der Waals surface area contributed by atoms with Gasteiger partial charge in [-0.15, -0.1) is 5.10 Å². The molecule has 0 atom stereocenters. The Labute approximate surface area is 160 Å². The summed E-state index contributed by atoms with van der Waals surface area (Å²) in [5.41, 5.74) is -0.760. The quantitative estimate of drug-likeness (QED) is 0.681. The molecule has 0 amide bonds. The summed E-state index contributed by atoms with van der Waals surface area (Å²) in [6.45, 7) is 0. The first kappa shape index (κ1) is 17.5. The zero-order valence-electron chi connectivity index (χ0n) is 13.5. The largest absolute Gasteiger partial charge is 0.434 e. The Morgan fingerprint density at radius 1 is 1.11 bits per heavy atom. The maximum atomic E-state index is 11.9. The van der Waals surface area contributed by atoms with Crippen LogP contribution < -0.4 is 21.5 Å². The molecule has 0 saturated heterocycles. The van der Waals surface area contributed by atoms with Gasteiger partial charge in [0, 0.05) is 11.6 Å². The second-order valence-electron chi connectivity index (χ2n) is 5.96. The zero-order chi connectivity index (χ0) is 19.1. The molecule has 3 aromatic rings. The monoisotopic (exact) mass is 407 g/mol. The summed E-state index contributed by atoms with van der Waals surface area (Å²) in [5, 5.41) is 10.2. The number of aromatic amines is 2. The van der Waals surface area contributed by atoms with E-state index < -0.39 is 11.2 Å². The lowest BCUT2D eigenvalue weighted by Crippen LogP contribution is -2.30. The summed E-state index contributed by atoms with van der Waals surface area (Å²) in [6.07, 6.45) is 2.85. The number of hydrogen-bond acceptors (Lipinski definition) is 6. The van der Waals surface area contributed by atoms with Crippen molar-refractivity contribution < 1.29 is 4.74 Å². The summed E-state index contributed by atoms with van der Waals surface area (Å²) in [4.78, 5) is 36.9. The zero-order valence-corrected chi connectivity index (χ0v) is 15.0. The molecule has 1 aromatic carbocycles. The first-order valence-corrected chi connectivity index (χ1v) is 8.63. The Morgan fingerprint density at radius 2 is 1.81 bits per heavy atom. The van der Waals surface area contributed by atoms with E-state index in [-0.39, 0.29) is 38.8 Å². The van der Waals surface area contributed by atoms with Gasteiger partial charge in [0.25, 0.3) is 11.1 Å². The van der Waals surface area contributed by atoms with Crippen molar-refractivity contribution in [1.82, 2.24) is 25.0 Å². The van der Waals surface area contributed by atoms with E-state index in [1.165, 1.54) is 12.1 Å². The molecule has 138 valence electrons. The van der Waals surface area contributed by atoms with Crippen LogP contribution >= 0.6 is 23.2 Å². The number of aromatic nitrogens is 5. The highest BCUT2D eigenvalue weighted by molar-refractivity contribution is 6.37. The molecule has 1 saturated carbocycles. The predicted molar refractivity (Wildman–Crippen MR) is 97.4 cm³/mol. The fourth-order valence-corrected chi connectivity index (χ4v) is 3.11. The molecular weight excluding hydrogens is 397 g/mol. The second kappa shape index (κ2) is 6.67. The van der Waals surface area contributed by atoms with E-state index >= 15 is 0 Å². The Morgan fingerprint density at radius 3 is 2.44 bits per heavy atom. The van der Waals surface area contributed by atoms with Crippen molar-refractivity contribution >= 4 is 23.2 Å². The van der Waals surface area contributed by atoms with Gasteiger partial charge in [0.2, 0.25) is 5.88 Å². The fourth-order valence-electron chi connectivity index (χ4n) is 2.56. The molecule has 2 heterocycles. The normalized spacial score (nSPS) is 13.6. The summed E-state index contributed by atoms with van der Waals surface area (Å²) in [7, 11) is 0. The van der Waals surface area contributed by atoms with Crippen LogP contribution in [-0.2, 0) is 0 Å². The minimum Gasteiger partial charge on any atom is -0.434 e. The van der Waals surface area contributed by atoms with Gasteiger partial charge in [-0.25, -0.2) is 9.89 Å². The summed E-state index contributed by atoms with van der Waals surface area (Å²) < 4.78 is 6.58. The minimum atomic E-state index is -0.736. The molecule has 1 aliphatic carbocycles. The summed E-state index contributed by atoms with van der Waals surface area (Å²) in [5.74, 6) is 0.471. The molecule has 27 heavy (non-hydrogen) atoms. The van der Waals surface area contributed by atoms with E-state index in [2.05, 4.69) is 20.3 Å². The van der Waals surface area contributed by atoms with Gasteiger partial charge in [0.15, 0.2) is 5.75 Å². The fraction of sp³-hybridized carbons (Fsp3) is 0.188. The molecule has 1 fully saturated rings. The van der Waals surface area contributed by atoms with Gasteiger partial charge in [-0.2, -0.15) is 9.78 Å². The van der Waals surface area contributed by atoms with E-state index in [1.807, 2.05) is 0 Å². The SMILES string of the molecule is O=c1cnn(-c2cc(Cl)c(Oc3cc(C4CC4)c(=O)[nH]n3)c(Cl)c2)c(=O)[nH]1. The van der Waals surface area contributed by atoms with Gasteiger partial charge in [-0.1, -0.05) is 23.2 Å². The molecule has 2 N–H and O–H groups in total. The van der Waals surface area contributed by atoms with Crippen LogP contribution in [-0.4, -0.2) is 25.0 Å². The molecule has 0 aliphatic heterocycles. The van der Waals surface area contributed by atoms with Gasteiger partial charge in [-0.05, 0) is 30.9 Å². The number of nitrogens with zero attached hydrogens (tertiary/aromatic N) is 3. The lowest BCUT2D eigenvalue weighted by Gasteiger charge is -2.11. The number of ether oxygens (including phenoxy) is 1. The third-order valence-electron chi connectivity index (χ3n) is 3.97. The van der Waals surface area contributed by atoms with Crippen molar-refractivity contribution in [3.63, 3.8) is 0 Å². The Hall–Kier alpha value is -2.91. The maximum absolute atomic E-state index is 11.9. The second-order valence-corrected chi connectivity index (χ2v) is 6.77. The summed E-state index contributed by atoms with van der Waals surface area (Å²) in [6, 6.07) is 4.37. The third-order valence-corrected chi connectivity index (χ3v) is 4.53. The third kappa shape index (κ3) is 3.51. The van der Waals surface area contributed by atoms with Crippen LogP contribution in [0.3, 0.4) is 0 Å². The van der Waals surface area contributed by atoms with Crippen LogP contribution in [0.15, 0.2) is 38.8 Å². The molecule has 0 spiro atoms. The van der Waals surface area contributed by atoms with Crippen LogP contribution in [0.5, 0.6) is 11.6 Å². The maximum Gasteiger partial charge on any atom is 0.349 e. The van der Waals surface area contributed by atoms with E-state index in [4.69, 9.17) is 27.9 Å². The molecule has 9 nitrogen and oxygen atoms in total. The Bertz CT molecular complexity index is 1190. The number of H-pyrrole nitrogens is 2. The Kier molecular flexibility index (Phi) is 4.33. The van der Waals surface area contributed by atoms with Crippen LogP contribution in [0, 0.1) is 0 Å². The smallest absolute Gasteiger partial charge is 0.349 e. The number of hydrogen-bond donors (Lipinski definition) is 2. The molecule has 0 bridgehead atoms. The van der Waals surface area contributed by atoms with Gasteiger partial charge in [-0.3, -0.25) is 14.6 Å². The van der Waals surface area contributed by atoms with Crippen LogP contribution in [0.4, 0.5) is 0 Å². The molecule has 2 aromatic heterocycles. The first-order chi connectivity index (χ1) is 12.9. The number of nitrogens with one attached hydrogen (secondary N) is 2. The summed E-state index contributed by atoms with van der Waals surface area (Å²) >= 11 is 12.5. The standard InChI is InChI=1S/C16H11Cl2N5O4/c17-10-3-8(23-16(26)20-12(24)6-19-23)4-11(18)14(10)27-13-5-9(7-1-2-7)15(25)22-21-13/h3-7H,1-2H2,(H,22,25)(H,20,24,26). The average Bonchev–Trinajstić information content (AvgIpc) is 3.44. The molecule has 1 aliphatic rings. The molecule has 0 unspecified atom stereocenters. The van der Waals surface area contributed by atoms with E-state index in [0.717, 1.165) is 23.7 Å². The van der Waals surface area contributed by atoms with Crippen molar-refractivity contribution in [2.75, 3.05) is 0 Å². The molecular formula is C16H11Cl2N5O4. The first-order valence-electron chi connectivity index (χ1n) is 7.88. The van der Waals surface area contributed by atoms with Gasteiger partial charge < -0.3 is 4.74 Å². The van der Waals surface area contributed by atoms with Crippen molar-refractivity contribution in [2.24, 2.45) is 0 Å². The molecule has 0 radical (unpaired) electrons.